The number of rotatable bonds is 4. The highest BCUT2D eigenvalue weighted by atomic mass is 79.9. The van der Waals surface area contributed by atoms with E-state index in [0.717, 1.165) is 6.42 Å². The van der Waals surface area contributed by atoms with Gasteiger partial charge in [-0.25, -0.2) is 8.42 Å². The zero-order valence-electron chi connectivity index (χ0n) is 8.10. The van der Waals surface area contributed by atoms with Crippen molar-refractivity contribution in [2.75, 3.05) is 6.26 Å². The topological polar surface area (TPSA) is 34.1 Å². The van der Waals surface area contributed by atoms with Gasteiger partial charge in [0.05, 0.1) is 5.25 Å². The first-order valence-corrected chi connectivity index (χ1v) is 8.06. The standard InChI is InChI=1S/C9H13BrO2S2/c1-7(14(2,11)12)9(10)5-8-3-4-13-6-8/h3-4,6-7,9H,5H2,1-2H3. The fourth-order valence-corrected chi connectivity index (χ4v) is 3.93. The maximum atomic E-state index is 11.3. The summed E-state index contributed by atoms with van der Waals surface area (Å²) in [7, 11) is -2.95. The van der Waals surface area contributed by atoms with Gasteiger partial charge < -0.3 is 0 Å². The summed E-state index contributed by atoms with van der Waals surface area (Å²) >= 11 is 5.06. The summed E-state index contributed by atoms with van der Waals surface area (Å²) in [5.41, 5.74) is 1.19. The SMILES string of the molecule is CC(C(Br)Cc1ccsc1)S(C)(=O)=O. The molecule has 0 spiro atoms. The van der Waals surface area contributed by atoms with E-state index in [9.17, 15) is 8.42 Å². The van der Waals surface area contributed by atoms with Crippen molar-refractivity contribution >= 4 is 37.1 Å². The summed E-state index contributed by atoms with van der Waals surface area (Å²) in [5.74, 6) is 0. The van der Waals surface area contributed by atoms with Crippen LogP contribution in [-0.4, -0.2) is 24.8 Å². The van der Waals surface area contributed by atoms with Crippen molar-refractivity contribution in [2.45, 2.75) is 23.4 Å². The molecule has 5 heteroatoms. The van der Waals surface area contributed by atoms with Crippen molar-refractivity contribution in [3.05, 3.63) is 22.4 Å². The summed E-state index contributed by atoms with van der Waals surface area (Å²) in [6.07, 6.45) is 2.04. The van der Waals surface area contributed by atoms with Crippen LogP contribution in [0.4, 0.5) is 0 Å². The molecule has 0 aliphatic rings. The lowest BCUT2D eigenvalue weighted by Crippen LogP contribution is -2.27. The molecule has 1 heterocycles. The third kappa shape index (κ3) is 3.37. The molecule has 0 aromatic carbocycles. The largest absolute Gasteiger partial charge is 0.229 e. The Morgan fingerprint density at radius 3 is 2.64 bits per heavy atom. The van der Waals surface area contributed by atoms with Crippen LogP contribution in [0.3, 0.4) is 0 Å². The molecule has 0 fully saturated rings. The van der Waals surface area contributed by atoms with E-state index < -0.39 is 9.84 Å². The zero-order chi connectivity index (χ0) is 10.8. The molecule has 2 atom stereocenters. The molecule has 1 rings (SSSR count). The first-order chi connectivity index (χ1) is 6.41. The Morgan fingerprint density at radius 2 is 2.21 bits per heavy atom. The fourth-order valence-electron chi connectivity index (χ4n) is 1.07. The third-order valence-corrected chi connectivity index (χ3v) is 6.07. The molecule has 0 aliphatic carbocycles. The fraction of sp³-hybridized carbons (Fsp3) is 0.556. The first kappa shape index (κ1) is 12.2. The normalized spacial score (nSPS) is 16.5. The highest BCUT2D eigenvalue weighted by Crippen LogP contribution is 2.19. The number of halogens is 1. The van der Waals surface area contributed by atoms with Crippen molar-refractivity contribution in [1.29, 1.82) is 0 Å². The molecule has 0 radical (unpaired) electrons. The van der Waals surface area contributed by atoms with Gasteiger partial charge in [-0.1, -0.05) is 15.9 Å². The van der Waals surface area contributed by atoms with Crippen LogP contribution in [0.25, 0.3) is 0 Å². The molecular weight excluding hydrogens is 284 g/mol. The van der Waals surface area contributed by atoms with E-state index >= 15 is 0 Å². The summed E-state index contributed by atoms with van der Waals surface area (Å²) < 4.78 is 22.5. The molecule has 1 aromatic rings. The van der Waals surface area contributed by atoms with E-state index in [0.29, 0.717) is 0 Å². The molecule has 14 heavy (non-hydrogen) atoms. The van der Waals surface area contributed by atoms with Gasteiger partial charge in [0.2, 0.25) is 0 Å². The Bertz CT molecular complexity index is 370. The Labute approximate surface area is 97.4 Å². The summed E-state index contributed by atoms with van der Waals surface area (Å²) in [6, 6.07) is 2.02. The second-order valence-electron chi connectivity index (χ2n) is 3.39. The average molecular weight is 297 g/mol. The molecule has 0 aliphatic heterocycles. The number of thiophene rings is 1. The van der Waals surface area contributed by atoms with Crippen LogP contribution in [0, 0.1) is 0 Å². The third-order valence-electron chi connectivity index (χ3n) is 2.20. The Morgan fingerprint density at radius 1 is 1.57 bits per heavy atom. The average Bonchev–Trinajstić information content (AvgIpc) is 2.53. The maximum absolute atomic E-state index is 11.3. The summed E-state index contributed by atoms with van der Waals surface area (Å²) in [6.45, 7) is 1.74. The Balaban J connectivity index is 2.63. The summed E-state index contributed by atoms with van der Waals surface area (Å²) in [5, 5.41) is 3.70. The number of alkyl halides is 1. The van der Waals surface area contributed by atoms with Gasteiger partial charge in [-0.3, -0.25) is 0 Å². The Kier molecular flexibility index (Phi) is 4.15. The predicted molar refractivity (Wildman–Crippen MR) is 65.0 cm³/mol. The highest BCUT2D eigenvalue weighted by Gasteiger charge is 2.23. The molecule has 0 amide bonds. The van der Waals surface area contributed by atoms with Crippen molar-refractivity contribution in [1.82, 2.24) is 0 Å². The van der Waals surface area contributed by atoms with Gasteiger partial charge in [-0.2, -0.15) is 11.3 Å². The molecule has 0 saturated carbocycles. The van der Waals surface area contributed by atoms with E-state index in [2.05, 4.69) is 15.9 Å². The number of hydrogen-bond acceptors (Lipinski definition) is 3. The number of sulfone groups is 1. The molecule has 2 unspecified atom stereocenters. The second kappa shape index (κ2) is 4.77. The minimum Gasteiger partial charge on any atom is -0.229 e. The van der Waals surface area contributed by atoms with Crippen molar-refractivity contribution in [3.8, 4) is 0 Å². The lowest BCUT2D eigenvalue weighted by Gasteiger charge is -2.15. The van der Waals surface area contributed by atoms with Gasteiger partial charge in [-0.15, -0.1) is 0 Å². The molecule has 0 saturated heterocycles. The molecular formula is C9H13BrO2S2. The number of hydrogen-bond donors (Lipinski definition) is 0. The van der Waals surface area contributed by atoms with Crippen LogP contribution in [0.1, 0.15) is 12.5 Å². The highest BCUT2D eigenvalue weighted by molar-refractivity contribution is 9.09. The van der Waals surface area contributed by atoms with Crippen molar-refractivity contribution in [3.63, 3.8) is 0 Å². The van der Waals surface area contributed by atoms with Gasteiger partial charge in [0.15, 0.2) is 9.84 Å². The van der Waals surface area contributed by atoms with E-state index in [4.69, 9.17) is 0 Å². The van der Waals surface area contributed by atoms with E-state index in [1.165, 1.54) is 11.8 Å². The van der Waals surface area contributed by atoms with Gasteiger partial charge in [0.1, 0.15) is 0 Å². The van der Waals surface area contributed by atoms with Gasteiger partial charge in [0, 0.05) is 11.1 Å². The molecule has 0 bridgehead atoms. The lowest BCUT2D eigenvalue weighted by atomic mass is 10.1. The van der Waals surface area contributed by atoms with Crippen LogP contribution in [-0.2, 0) is 16.3 Å². The van der Waals surface area contributed by atoms with Gasteiger partial charge in [-0.05, 0) is 35.7 Å². The van der Waals surface area contributed by atoms with Gasteiger partial charge >= 0.3 is 0 Å². The van der Waals surface area contributed by atoms with Crippen LogP contribution >= 0.6 is 27.3 Å². The van der Waals surface area contributed by atoms with E-state index in [1.54, 1.807) is 18.3 Å². The Hall–Kier alpha value is 0.130. The summed E-state index contributed by atoms with van der Waals surface area (Å²) in [4.78, 5) is -0.00731. The van der Waals surface area contributed by atoms with Crippen LogP contribution in [0.2, 0.25) is 0 Å². The quantitative estimate of drug-likeness (QED) is 0.800. The molecule has 1 aromatic heterocycles. The zero-order valence-corrected chi connectivity index (χ0v) is 11.3. The van der Waals surface area contributed by atoms with Crippen LogP contribution in [0.5, 0.6) is 0 Å². The minimum atomic E-state index is -2.95. The molecule has 2 nitrogen and oxygen atoms in total. The smallest absolute Gasteiger partial charge is 0.151 e. The van der Waals surface area contributed by atoms with E-state index in [-0.39, 0.29) is 10.1 Å². The van der Waals surface area contributed by atoms with Crippen molar-refractivity contribution < 1.29 is 8.42 Å². The second-order valence-corrected chi connectivity index (χ2v) is 7.75. The predicted octanol–water partition coefficient (Wildman–Crippen LogP) is 2.49. The van der Waals surface area contributed by atoms with Crippen LogP contribution < -0.4 is 0 Å². The molecule has 80 valence electrons. The first-order valence-electron chi connectivity index (χ1n) is 4.25. The maximum Gasteiger partial charge on any atom is 0.151 e. The van der Waals surface area contributed by atoms with E-state index in [1.807, 2.05) is 16.8 Å². The van der Waals surface area contributed by atoms with Crippen molar-refractivity contribution in [2.24, 2.45) is 0 Å². The monoisotopic (exact) mass is 296 g/mol. The van der Waals surface area contributed by atoms with Crippen LogP contribution in [0.15, 0.2) is 16.8 Å². The minimum absolute atomic E-state index is 0.00731. The van der Waals surface area contributed by atoms with Gasteiger partial charge in [0.25, 0.3) is 0 Å². The molecule has 0 N–H and O–H groups in total. The lowest BCUT2D eigenvalue weighted by molar-refractivity contribution is 0.586.